The maximum absolute atomic E-state index is 12.0. The van der Waals surface area contributed by atoms with Crippen molar-refractivity contribution in [3.8, 4) is 0 Å². The highest BCUT2D eigenvalue weighted by atomic mass is 16.4. The summed E-state index contributed by atoms with van der Waals surface area (Å²) in [5.74, 6) is -0.845. The number of hydrazine groups is 1. The van der Waals surface area contributed by atoms with Crippen LogP contribution in [0.25, 0.3) is 0 Å². The van der Waals surface area contributed by atoms with Gasteiger partial charge in [-0.05, 0) is 30.9 Å². The van der Waals surface area contributed by atoms with Crippen molar-refractivity contribution in [2.75, 3.05) is 18.4 Å². The Morgan fingerprint density at radius 2 is 1.86 bits per heavy atom. The molecule has 1 fully saturated rings. The summed E-state index contributed by atoms with van der Waals surface area (Å²) in [5, 5.41) is 13.5. The number of urea groups is 1. The first kappa shape index (κ1) is 15.3. The fraction of sp³-hybridized carbons (Fsp3) is 0.467. The minimum Gasteiger partial charge on any atom is -0.481 e. The van der Waals surface area contributed by atoms with Crippen LogP contribution in [0, 0.1) is 0 Å². The Balaban J connectivity index is 1.91. The topological polar surface area (TPSA) is 81.7 Å². The fourth-order valence-electron chi connectivity index (χ4n) is 2.40. The lowest BCUT2D eigenvalue weighted by atomic mass is 10.1. The summed E-state index contributed by atoms with van der Waals surface area (Å²) in [6.45, 7) is 1.74. The molecule has 114 valence electrons. The van der Waals surface area contributed by atoms with E-state index in [0.29, 0.717) is 12.1 Å². The molecule has 6 heteroatoms. The second-order valence-electron chi connectivity index (χ2n) is 5.16. The Hall–Kier alpha value is -2.08. The van der Waals surface area contributed by atoms with Gasteiger partial charge in [0.15, 0.2) is 0 Å². The summed E-state index contributed by atoms with van der Waals surface area (Å²) in [7, 11) is 0. The molecule has 0 spiro atoms. The normalized spacial score (nSPS) is 15.4. The average molecular weight is 291 g/mol. The van der Waals surface area contributed by atoms with Crippen LogP contribution in [-0.4, -0.2) is 35.2 Å². The summed E-state index contributed by atoms with van der Waals surface area (Å²) in [6, 6.07) is 7.00. The molecule has 0 saturated carbocycles. The molecular formula is C15H21N3O3. The Kier molecular flexibility index (Phi) is 5.57. The van der Waals surface area contributed by atoms with E-state index >= 15 is 0 Å². The molecule has 6 nitrogen and oxygen atoms in total. The number of aryl methyl sites for hydroxylation is 1. The zero-order chi connectivity index (χ0) is 15.1. The molecule has 1 saturated heterocycles. The Morgan fingerprint density at radius 3 is 2.57 bits per heavy atom. The minimum atomic E-state index is -0.845. The van der Waals surface area contributed by atoms with Crippen LogP contribution < -0.4 is 10.7 Å². The van der Waals surface area contributed by atoms with E-state index in [4.69, 9.17) is 5.11 Å². The highest BCUT2D eigenvalue weighted by Gasteiger charge is 2.13. The molecule has 2 rings (SSSR count). The van der Waals surface area contributed by atoms with Gasteiger partial charge in [0, 0.05) is 25.2 Å². The van der Waals surface area contributed by atoms with Crippen molar-refractivity contribution in [1.82, 2.24) is 10.4 Å². The van der Waals surface area contributed by atoms with Crippen molar-refractivity contribution in [3.05, 3.63) is 29.8 Å². The number of aliphatic carboxylic acids is 1. The minimum absolute atomic E-state index is 0.0481. The SMILES string of the molecule is O=C(O)CCc1ccccc1NC(=O)NN1CCCCC1. The fourth-order valence-corrected chi connectivity index (χ4v) is 2.40. The maximum Gasteiger partial charge on any atom is 0.333 e. The summed E-state index contributed by atoms with van der Waals surface area (Å²) < 4.78 is 0. The Labute approximate surface area is 124 Å². The van der Waals surface area contributed by atoms with Crippen LogP contribution in [0.5, 0.6) is 0 Å². The van der Waals surface area contributed by atoms with Crippen molar-refractivity contribution in [2.24, 2.45) is 0 Å². The van der Waals surface area contributed by atoms with Crippen molar-refractivity contribution in [1.29, 1.82) is 0 Å². The van der Waals surface area contributed by atoms with Crippen LogP contribution in [0.3, 0.4) is 0 Å². The van der Waals surface area contributed by atoms with Gasteiger partial charge < -0.3 is 10.4 Å². The Morgan fingerprint density at radius 1 is 1.14 bits per heavy atom. The number of hydrogen-bond donors (Lipinski definition) is 3. The number of hydrogen-bond acceptors (Lipinski definition) is 3. The van der Waals surface area contributed by atoms with E-state index in [1.54, 1.807) is 6.07 Å². The van der Waals surface area contributed by atoms with Gasteiger partial charge in [-0.25, -0.2) is 9.80 Å². The number of nitrogens with one attached hydrogen (secondary N) is 2. The van der Waals surface area contributed by atoms with Gasteiger partial charge in [-0.15, -0.1) is 0 Å². The van der Waals surface area contributed by atoms with Crippen LogP contribution in [0.1, 0.15) is 31.2 Å². The first-order chi connectivity index (χ1) is 10.1. The number of carbonyl (C=O) groups excluding carboxylic acids is 1. The number of benzene rings is 1. The smallest absolute Gasteiger partial charge is 0.333 e. The standard InChI is InChI=1S/C15H21N3O3/c19-14(20)9-8-12-6-2-3-7-13(12)16-15(21)17-18-10-4-1-5-11-18/h2-3,6-7H,1,4-5,8-11H2,(H,19,20)(H2,16,17,21). The van der Waals surface area contributed by atoms with E-state index in [0.717, 1.165) is 31.5 Å². The third-order valence-electron chi connectivity index (χ3n) is 3.49. The van der Waals surface area contributed by atoms with Gasteiger partial charge in [0.2, 0.25) is 0 Å². The molecule has 0 atom stereocenters. The number of piperidine rings is 1. The molecule has 1 aromatic rings. The molecule has 1 aliphatic rings. The second-order valence-corrected chi connectivity index (χ2v) is 5.16. The monoisotopic (exact) mass is 291 g/mol. The van der Waals surface area contributed by atoms with Crippen LogP contribution in [0.15, 0.2) is 24.3 Å². The summed E-state index contributed by atoms with van der Waals surface area (Å²) in [5.41, 5.74) is 4.31. The van der Waals surface area contributed by atoms with E-state index in [1.807, 2.05) is 23.2 Å². The van der Waals surface area contributed by atoms with E-state index in [2.05, 4.69) is 10.7 Å². The number of carboxylic acid groups (broad SMARTS) is 1. The van der Waals surface area contributed by atoms with Gasteiger partial charge in [-0.2, -0.15) is 0 Å². The third kappa shape index (κ3) is 5.07. The zero-order valence-corrected chi connectivity index (χ0v) is 12.0. The summed E-state index contributed by atoms with van der Waals surface area (Å²) in [4.78, 5) is 22.7. The molecule has 0 radical (unpaired) electrons. The number of nitrogens with zero attached hydrogens (tertiary/aromatic N) is 1. The number of rotatable bonds is 5. The van der Waals surface area contributed by atoms with Crippen LogP contribution in [0.2, 0.25) is 0 Å². The Bertz CT molecular complexity index is 499. The number of carbonyl (C=O) groups is 2. The van der Waals surface area contributed by atoms with Crippen LogP contribution in [0.4, 0.5) is 10.5 Å². The molecule has 0 bridgehead atoms. The quantitative estimate of drug-likeness (QED) is 0.777. The van der Waals surface area contributed by atoms with Gasteiger partial charge in [0.1, 0.15) is 0 Å². The first-order valence-corrected chi connectivity index (χ1v) is 7.27. The molecule has 1 heterocycles. The van der Waals surface area contributed by atoms with Gasteiger partial charge in [-0.1, -0.05) is 24.6 Å². The molecule has 1 aromatic carbocycles. The van der Waals surface area contributed by atoms with E-state index in [1.165, 1.54) is 6.42 Å². The van der Waals surface area contributed by atoms with Crippen molar-refractivity contribution >= 4 is 17.7 Å². The number of para-hydroxylation sites is 1. The van der Waals surface area contributed by atoms with E-state index < -0.39 is 5.97 Å². The lowest BCUT2D eigenvalue weighted by molar-refractivity contribution is -0.136. The first-order valence-electron chi connectivity index (χ1n) is 7.27. The van der Waals surface area contributed by atoms with E-state index in [-0.39, 0.29) is 12.5 Å². The highest BCUT2D eigenvalue weighted by Crippen LogP contribution is 2.17. The van der Waals surface area contributed by atoms with E-state index in [9.17, 15) is 9.59 Å². The van der Waals surface area contributed by atoms with Gasteiger partial charge in [-0.3, -0.25) is 10.2 Å². The predicted octanol–water partition coefficient (Wildman–Crippen LogP) is 2.23. The molecule has 0 aromatic heterocycles. The molecule has 1 aliphatic heterocycles. The van der Waals surface area contributed by atoms with Gasteiger partial charge in [0.25, 0.3) is 0 Å². The summed E-state index contributed by atoms with van der Waals surface area (Å²) >= 11 is 0. The van der Waals surface area contributed by atoms with Gasteiger partial charge >= 0.3 is 12.0 Å². The lowest BCUT2D eigenvalue weighted by Crippen LogP contribution is -2.46. The number of anilines is 1. The van der Waals surface area contributed by atoms with Crippen molar-refractivity contribution < 1.29 is 14.7 Å². The predicted molar refractivity (Wildman–Crippen MR) is 80.0 cm³/mol. The second kappa shape index (κ2) is 7.64. The van der Waals surface area contributed by atoms with Gasteiger partial charge in [0.05, 0.1) is 0 Å². The molecular weight excluding hydrogens is 270 g/mol. The molecule has 2 amide bonds. The molecule has 0 unspecified atom stereocenters. The number of amides is 2. The van der Waals surface area contributed by atoms with Crippen LogP contribution in [-0.2, 0) is 11.2 Å². The average Bonchev–Trinajstić information content (AvgIpc) is 2.47. The number of carboxylic acids is 1. The molecule has 21 heavy (non-hydrogen) atoms. The maximum atomic E-state index is 12.0. The molecule has 0 aliphatic carbocycles. The molecule has 3 N–H and O–H groups in total. The third-order valence-corrected chi connectivity index (χ3v) is 3.49. The van der Waals surface area contributed by atoms with Crippen molar-refractivity contribution in [3.63, 3.8) is 0 Å². The largest absolute Gasteiger partial charge is 0.481 e. The summed E-state index contributed by atoms with van der Waals surface area (Å²) in [6.07, 6.45) is 3.84. The van der Waals surface area contributed by atoms with Crippen molar-refractivity contribution in [2.45, 2.75) is 32.1 Å². The lowest BCUT2D eigenvalue weighted by Gasteiger charge is -2.27. The van der Waals surface area contributed by atoms with Crippen LogP contribution >= 0.6 is 0 Å². The zero-order valence-electron chi connectivity index (χ0n) is 12.0. The highest BCUT2D eigenvalue weighted by molar-refractivity contribution is 5.89.